The summed E-state index contributed by atoms with van der Waals surface area (Å²) in [4.78, 5) is 25.7. The van der Waals surface area contributed by atoms with Crippen LogP contribution in [0.15, 0.2) is 53.0 Å². The van der Waals surface area contributed by atoms with Crippen LogP contribution < -0.4 is 4.74 Å². The van der Waals surface area contributed by atoms with Crippen LogP contribution in [0, 0.1) is 0 Å². The lowest BCUT2D eigenvalue weighted by Gasteiger charge is -2.14. The van der Waals surface area contributed by atoms with E-state index in [-0.39, 0.29) is 11.8 Å². The standard InChI is InChI=1S/C17H14BrNO3/c18-14-8-3-4-9-15(14)22-11-5-10-19-16(20)12-6-1-2-7-13(12)17(19)21/h1-4,6-9H,5,10-11H2. The number of benzene rings is 2. The molecule has 0 radical (unpaired) electrons. The number of para-hydroxylation sites is 1. The topological polar surface area (TPSA) is 46.6 Å². The summed E-state index contributed by atoms with van der Waals surface area (Å²) in [5.74, 6) is 0.313. The minimum Gasteiger partial charge on any atom is -0.492 e. The SMILES string of the molecule is O=C1c2ccccc2C(=O)N1CCCOc1ccccc1Br. The molecule has 2 aromatic carbocycles. The molecule has 3 rings (SSSR count). The molecule has 0 atom stereocenters. The van der Waals surface area contributed by atoms with Crippen molar-refractivity contribution in [1.29, 1.82) is 0 Å². The first kappa shape index (κ1) is 14.8. The predicted octanol–water partition coefficient (Wildman–Crippen LogP) is 3.51. The normalized spacial score (nSPS) is 13.4. The summed E-state index contributed by atoms with van der Waals surface area (Å²) in [6.45, 7) is 0.798. The highest BCUT2D eigenvalue weighted by Crippen LogP contribution is 2.25. The number of imide groups is 1. The van der Waals surface area contributed by atoms with E-state index in [1.807, 2.05) is 24.3 Å². The van der Waals surface area contributed by atoms with Gasteiger partial charge in [-0.05, 0) is 46.6 Å². The zero-order valence-corrected chi connectivity index (χ0v) is 13.4. The van der Waals surface area contributed by atoms with E-state index in [9.17, 15) is 9.59 Å². The van der Waals surface area contributed by atoms with Crippen molar-refractivity contribution in [3.63, 3.8) is 0 Å². The highest BCUT2D eigenvalue weighted by molar-refractivity contribution is 9.10. The number of carbonyl (C=O) groups is 2. The van der Waals surface area contributed by atoms with E-state index in [1.165, 1.54) is 4.90 Å². The van der Waals surface area contributed by atoms with Gasteiger partial charge in [0.05, 0.1) is 22.2 Å². The fourth-order valence-electron chi connectivity index (χ4n) is 2.41. The van der Waals surface area contributed by atoms with Crippen LogP contribution in [0.3, 0.4) is 0 Å². The van der Waals surface area contributed by atoms with Crippen LogP contribution in [0.4, 0.5) is 0 Å². The molecule has 2 aromatic rings. The Hall–Kier alpha value is -2.14. The van der Waals surface area contributed by atoms with Gasteiger partial charge in [0.2, 0.25) is 0 Å². The number of rotatable bonds is 5. The number of hydrogen-bond acceptors (Lipinski definition) is 3. The van der Waals surface area contributed by atoms with E-state index in [0.717, 1.165) is 10.2 Å². The average Bonchev–Trinajstić information content (AvgIpc) is 2.78. The third-order valence-electron chi connectivity index (χ3n) is 3.50. The summed E-state index contributed by atoms with van der Waals surface area (Å²) in [6, 6.07) is 14.5. The van der Waals surface area contributed by atoms with Crippen LogP contribution in [-0.4, -0.2) is 29.9 Å². The maximum atomic E-state index is 12.2. The molecule has 1 heterocycles. The monoisotopic (exact) mass is 359 g/mol. The molecule has 0 aliphatic carbocycles. The molecule has 1 aliphatic rings. The summed E-state index contributed by atoms with van der Waals surface area (Å²) in [7, 11) is 0. The molecule has 0 bridgehead atoms. The lowest BCUT2D eigenvalue weighted by Crippen LogP contribution is -2.31. The van der Waals surface area contributed by atoms with Crippen LogP contribution in [0.1, 0.15) is 27.1 Å². The van der Waals surface area contributed by atoms with Crippen molar-refractivity contribution in [3.8, 4) is 5.75 Å². The molecule has 0 saturated heterocycles. The largest absolute Gasteiger partial charge is 0.492 e. The zero-order valence-electron chi connectivity index (χ0n) is 11.8. The summed E-state index contributed by atoms with van der Waals surface area (Å²) in [5, 5.41) is 0. The zero-order chi connectivity index (χ0) is 15.5. The van der Waals surface area contributed by atoms with Crippen molar-refractivity contribution < 1.29 is 14.3 Å². The summed E-state index contributed by atoms with van der Waals surface area (Å²) in [6.07, 6.45) is 0.590. The molecular weight excluding hydrogens is 346 g/mol. The van der Waals surface area contributed by atoms with Crippen LogP contribution in [-0.2, 0) is 0 Å². The molecule has 0 saturated carbocycles. The van der Waals surface area contributed by atoms with Gasteiger partial charge >= 0.3 is 0 Å². The van der Waals surface area contributed by atoms with Gasteiger partial charge in [-0.3, -0.25) is 14.5 Å². The van der Waals surface area contributed by atoms with Gasteiger partial charge in [0.25, 0.3) is 11.8 Å². The first-order valence-corrected chi connectivity index (χ1v) is 7.80. The molecular formula is C17H14BrNO3. The third kappa shape index (κ3) is 2.76. The van der Waals surface area contributed by atoms with Crippen molar-refractivity contribution in [1.82, 2.24) is 4.90 Å². The predicted molar refractivity (Wildman–Crippen MR) is 86.1 cm³/mol. The Bertz CT molecular complexity index is 694. The number of amides is 2. The van der Waals surface area contributed by atoms with Crippen molar-refractivity contribution in [2.45, 2.75) is 6.42 Å². The summed E-state index contributed by atoms with van der Waals surface area (Å²) in [5.41, 5.74) is 0.971. The maximum Gasteiger partial charge on any atom is 0.261 e. The van der Waals surface area contributed by atoms with Crippen molar-refractivity contribution >= 4 is 27.7 Å². The average molecular weight is 360 g/mol. The van der Waals surface area contributed by atoms with Crippen molar-refractivity contribution in [2.24, 2.45) is 0 Å². The number of carbonyl (C=O) groups excluding carboxylic acids is 2. The van der Waals surface area contributed by atoms with Gasteiger partial charge in [0, 0.05) is 6.54 Å². The molecule has 0 unspecified atom stereocenters. The van der Waals surface area contributed by atoms with Gasteiger partial charge in [-0.15, -0.1) is 0 Å². The maximum absolute atomic E-state index is 12.2. The second-order valence-corrected chi connectivity index (χ2v) is 5.79. The molecule has 0 spiro atoms. The smallest absolute Gasteiger partial charge is 0.261 e. The number of halogens is 1. The van der Waals surface area contributed by atoms with Gasteiger partial charge in [0.1, 0.15) is 5.75 Å². The van der Waals surface area contributed by atoms with Gasteiger partial charge in [-0.1, -0.05) is 24.3 Å². The number of nitrogens with zero attached hydrogens (tertiary/aromatic N) is 1. The second-order valence-electron chi connectivity index (χ2n) is 4.94. The first-order chi connectivity index (χ1) is 10.7. The summed E-state index contributed by atoms with van der Waals surface area (Å²) < 4.78 is 6.53. The first-order valence-electron chi connectivity index (χ1n) is 7.01. The van der Waals surface area contributed by atoms with Crippen LogP contribution >= 0.6 is 15.9 Å². The van der Waals surface area contributed by atoms with E-state index >= 15 is 0 Å². The Morgan fingerprint density at radius 2 is 1.50 bits per heavy atom. The van der Waals surface area contributed by atoms with Gasteiger partial charge in [0.15, 0.2) is 0 Å². The van der Waals surface area contributed by atoms with Crippen molar-refractivity contribution in [3.05, 3.63) is 64.1 Å². The molecule has 22 heavy (non-hydrogen) atoms. The van der Waals surface area contributed by atoms with Crippen LogP contribution in [0.5, 0.6) is 5.75 Å². The van der Waals surface area contributed by atoms with Gasteiger partial charge < -0.3 is 4.74 Å². The Morgan fingerprint density at radius 3 is 2.14 bits per heavy atom. The molecule has 0 fully saturated rings. The minimum absolute atomic E-state index is 0.221. The van der Waals surface area contributed by atoms with Gasteiger partial charge in [-0.2, -0.15) is 0 Å². The third-order valence-corrected chi connectivity index (χ3v) is 4.15. The Kier molecular flexibility index (Phi) is 4.24. The quantitative estimate of drug-likeness (QED) is 0.606. The molecule has 0 aromatic heterocycles. The van der Waals surface area contributed by atoms with E-state index in [0.29, 0.717) is 30.7 Å². The number of ether oxygens (including phenoxy) is 1. The molecule has 4 nitrogen and oxygen atoms in total. The molecule has 1 aliphatic heterocycles. The van der Waals surface area contributed by atoms with Crippen LogP contribution in [0.2, 0.25) is 0 Å². The fraction of sp³-hybridized carbons (Fsp3) is 0.176. The van der Waals surface area contributed by atoms with E-state index in [4.69, 9.17) is 4.74 Å². The second kappa shape index (κ2) is 6.32. The Balaban J connectivity index is 1.56. The Labute approximate surface area is 136 Å². The molecule has 0 N–H and O–H groups in total. The van der Waals surface area contributed by atoms with E-state index in [1.54, 1.807) is 24.3 Å². The minimum atomic E-state index is -0.221. The number of hydrogen-bond donors (Lipinski definition) is 0. The molecule has 2 amide bonds. The van der Waals surface area contributed by atoms with Crippen molar-refractivity contribution in [2.75, 3.05) is 13.2 Å². The fourth-order valence-corrected chi connectivity index (χ4v) is 2.81. The van der Waals surface area contributed by atoms with Crippen LogP contribution in [0.25, 0.3) is 0 Å². The molecule has 112 valence electrons. The van der Waals surface area contributed by atoms with Gasteiger partial charge in [-0.25, -0.2) is 0 Å². The lowest BCUT2D eigenvalue weighted by atomic mass is 10.1. The highest BCUT2D eigenvalue weighted by Gasteiger charge is 2.34. The lowest BCUT2D eigenvalue weighted by molar-refractivity contribution is 0.0646. The summed E-state index contributed by atoms with van der Waals surface area (Å²) >= 11 is 3.41. The Morgan fingerprint density at radius 1 is 0.909 bits per heavy atom. The van der Waals surface area contributed by atoms with E-state index in [2.05, 4.69) is 15.9 Å². The highest BCUT2D eigenvalue weighted by atomic mass is 79.9. The molecule has 5 heteroatoms. The van der Waals surface area contributed by atoms with E-state index < -0.39 is 0 Å². The number of fused-ring (bicyclic) bond motifs is 1.